The van der Waals surface area contributed by atoms with Gasteiger partial charge in [-0.05, 0) is 25.1 Å². The van der Waals surface area contributed by atoms with Crippen LogP contribution in [0.1, 0.15) is 18.5 Å². The number of nitrogens with zero attached hydrogens (tertiary/aromatic N) is 3. The second-order valence-electron chi connectivity index (χ2n) is 7.05. The molecule has 10 heteroatoms. The molecule has 1 aliphatic heterocycles. The first-order chi connectivity index (χ1) is 13.6. The molecule has 0 bridgehead atoms. The Balaban J connectivity index is 1.76. The molecule has 2 aromatic rings. The highest BCUT2D eigenvalue weighted by atomic mass is 32.2. The third kappa shape index (κ3) is 4.54. The van der Waals surface area contributed by atoms with Crippen molar-refractivity contribution in [3.8, 4) is 0 Å². The first-order valence-corrected chi connectivity index (χ1v) is 10.9. The molecule has 1 heterocycles. The third-order valence-corrected chi connectivity index (χ3v) is 6.31. The molecule has 0 spiro atoms. The van der Waals surface area contributed by atoms with Crippen molar-refractivity contribution in [3.05, 3.63) is 63.7 Å². The van der Waals surface area contributed by atoms with Crippen molar-refractivity contribution < 1.29 is 22.1 Å². The molecule has 1 fully saturated rings. The van der Waals surface area contributed by atoms with Gasteiger partial charge in [-0.25, -0.2) is 17.2 Å². The van der Waals surface area contributed by atoms with Gasteiger partial charge in [0.05, 0.1) is 4.92 Å². The van der Waals surface area contributed by atoms with Crippen LogP contribution in [0.2, 0.25) is 0 Å². The van der Waals surface area contributed by atoms with Crippen LogP contribution in [0.4, 0.5) is 20.2 Å². The quantitative estimate of drug-likeness (QED) is 0.541. The Hall–Kier alpha value is -2.59. The van der Waals surface area contributed by atoms with Crippen LogP contribution in [-0.4, -0.2) is 50.7 Å². The average molecular weight is 425 g/mol. The third-order valence-electron chi connectivity index (χ3n) is 5.18. The first kappa shape index (κ1) is 21.1. The van der Waals surface area contributed by atoms with Crippen LogP contribution in [0.25, 0.3) is 0 Å². The molecule has 1 saturated heterocycles. The van der Waals surface area contributed by atoms with Gasteiger partial charge < -0.3 is 4.90 Å². The minimum Gasteiger partial charge on any atom is -0.369 e. The second kappa shape index (κ2) is 8.03. The van der Waals surface area contributed by atoms with E-state index >= 15 is 0 Å². The fourth-order valence-electron chi connectivity index (χ4n) is 3.55. The van der Waals surface area contributed by atoms with Crippen LogP contribution in [0.15, 0.2) is 41.3 Å². The van der Waals surface area contributed by atoms with E-state index in [1.54, 1.807) is 0 Å². The smallest absolute Gasteiger partial charge is 0.288 e. The lowest BCUT2D eigenvalue weighted by Crippen LogP contribution is -2.47. The summed E-state index contributed by atoms with van der Waals surface area (Å²) in [5, 5.41) is 11.1. The maximum atomic E-state index is 14.1. The lowest BCUT2D eigenvalue weighted by molar-refractivity contribution is -0.387. The van der Waals surface area contributed by atoms with Crippen molar-refractivity contribution in [2.24, 2.45) is 0 Å². The van der Waals surface area contributed by atoms with Crippen molar-refractivity contribution in [1.82, 2.24) is 4.90 Å². The Morgan fingerprint density at radius 3 is 2.28 bits per heavy atom. The highest BCUT2D eigenvalue weighted by Gasteiger charge is 2.27. The molecule has 0 aromatic heterocycles. The zero-order chi connectivity index (χ0) is 21.3. The van der Waals surface area contributed by atoms with E-state index in [-0.39, 0.29) is 10.9 Å². The topological polar surface area (TPSA) is 83.8 Å². The molecule has 0 aliphatic carbocycles. The molecule has 1 unspecified atom stereocenters. The van der Waals surface area contributed by atoms with E-state index in [4.69, 9.17) is 0 Å². The molecular weight excluding hydrogens is 404 g/mol. The van der Waals surface area contributed by atoms with Gasteiger partial charge in [0.2, 0.25) is 0 Å². The van der Waals surface area contributed by atoms with Gasteiger partial charge >= 0.3 is 0 Å². The molecule has 0 radical (unpaired) electrons. The largest absolute Gasteiger partial charge is 0.369 e. The van der Waals surface area contributed by atoms with Crippen molar-refractivity contribution in [2.45, 2.75) is 17.9 Å². The number of anilines is 1. The fraction of sp³-hybridized carbons (Fsp3) is 0.368. The van der Waals surface area contributed by atoms with Crippen LogP contribution in [0.5, 0.6) is 0 Å². The fourth-order valence-corrected chi connectivity index (χ4v) is 4.41. The highest BCUT2D eigenvalue weighted by molar-refractivity contribution is 7.90. The molecule has 0 amide bonds. The molecule has 7 nitrogen and oxygen atoms in total. The number of halogens is 2. The minimum absolute atomic E-state index is 0.249. The summed E-state index contributed by atoms with van der Waals surface area (Å²) in [4.78, 5) is 14.1. The van der Waals surface area contributed by atoms with Gasteiger partial charge in [-0.15, -0.1) is 0 Å². The lowest BCUT2D eigenvalue weighted by atomic mass is 10.0. The standard InChI is InChI=1S/C19H21F2N3O4S/c1-13(16-5-3-14(20)11-17(16)21)22-7-9-23(10-8-22)15-4-6-18(24(25)26)19(12-15)29(2,27)28/h3-6,11-13H,7-10H2,1-2H3. The number of benzene rings is 2. The van der Waals surface area contributed by atoms with E-state index < -0.39 is 32.1 Å². The van der Waals surface area contributed by atoms with E-state index in [0.29, 0.717) is 37.4 Å². The van der Waals surface area contributed by atoms with Gasteiger partial charge in [0.1, 0.15) is 16.5 Å². The number of hydrogen-bond acceptors (Lipinski definition) is 6. The molecule has 0 saturated carbocycles. The van der Waals surface area contributed by atoms with Crippen molar-refractivity contribution in [1.29, 1.82) is 0 Å². The Labute approximate surface area is 167 Å². The van der Waals surface area contributed by atoms with Crippen molar-refractivity contribution >= 4 is 21.2 Å². The molecular formula is C19H21F2N3O4S. The summed E-state index contributed by atoms with van der Waals surface area (Å²) in [6, 6.07) is 7.35. The van der Waals surface area contributed by atoms with Crippen LogP contribution in [0, 0.1) is 21.7 Å². The van der Waals surface area contributed by atoms with E-state index in [9.17, 15) is 27.3 Å². The monoisotopic (exact) mass is 425 g/mol. The maximum Gasteiger partial charge on any atom is 0.288 e. The summed E-state index contributed by atoms with van der Waals surface area (Å²) in [6.45, 7) is 4.06. The zero-order valence-electron chi connectivity index (χ0n) is 16.0. The maximum absolute atomic E-state index is 14.1. The molecule has 1 atom stereocenters. The van der Waals surface area contributed by atoms with Crippen molar-refractivity contribution in [2.75, 3.05) is 37.3 Å². The summed E-state index contributed by atoms with van der Waals surface area (Å²) >= 11 is 0. The van der Waals surface area contributed by atoms with E-state index in [2.05, 4.69) is 4.90 Å². The Morgan fingerprint density at radius 1 is 1.07 bits per heavy atom. The second-order valence-corrected chi connectivity index (χ2v) is 9.03. The van der Waals surface area contributed by atoms with Crippen LogP contribution >= 0.6 is 0 Å². The normalized spacial score (nSPS) is 16.6. The van der Waals surface area contributed by atoms with E-state index in [1.807, 2.05) is 11.8 Å². The molecule has 0 N–H and O–H groups in total. The minimum atomic E-state index is -3.76. The Kier molecular flexibility index (Phi) is 5.85. The highest BCUT2D eigenvalue weighted by Crippen LogP contribution is 2.31. The SMILES string of the molecule is CC(c1ccc(F)cc1F)N1CCN(c2ccc([N+](=O)[O-])c(S(C)(=O)=O)c2)CC1. The Bertz CT molecular complexity index is 1040. The van der Waals surface area contributed by atoms with Crippen molar-refractivity contribution in [3.63, 3.8) is 0 Å². The number of nitro groups is 1. The van der Waals surface area contributed by atoms with Gasteiger partial charge in [-0.1, -0.05) is 6.07 Å². The van der Waals surface area contributed by atoms with Crippen LogP contribution in [-0.2, 0) is 9.84 Å². The van der Waals surface area contributed by atoms with Gasteiger partial charge in [0, 0.05) is 61.9 Å². The summed E-state index contributed by atoms with van der Waals surface area (Å²) in [5.41, 5.74) is 0.543. The number of rotatable bonds is 5. The summed E-state index contributed by atoms with van der Waals surface area (Å²) in [5.74, 6) is -1.21. The van der Waals surface area contributed by atoms with Gasteiger partial charge in [-0.2, -0.15) is 0 Å². The Morgan fingerprint density at radius 2 is 1.72 bits per heavy atom. The molecule has 29 heavy (non-hydrogen) atoms. The van der Waals surface area contributed by atoms with Gasteiger partial charge in [0.15, 0.2) is 9.84 Å². The predicted molar refractivity (Wildman–Crippen MR) is 105 cm³/mol. The van der Waals surface area contributed by atoms with Crippen LogP contribution < -0.4 is 4.90 Å². The van der Waals surface area contributed by atoms with E-state index in [1.165, 1.54) is 30.3 Å². The average Bonchev–Trinajstić information content (AvgIpc) is 2.66. The molecule has 1 aliphatic rings. The van der Waals surface area contributed by atoms with Gasteiger partial charge in [-0.3, -0.25) is 15.0 Å². The molecule has 3 rings (SSSR count). The number of piperazine rings is 1. The number of sulfone groups is 1. The zero-order valence-corrected chi connectivity index (χ0v) is 16.8. The summed E-state index contributed by atoms with van der Waals surface area (Å²) in [6.07, 6.45) is 0.940. The summed E-state index contributed by atoms with van der Waals surface area (Å²) in [7, 11) is -3.76. The predicted octanol–water partition coefficient (Wildman–Crippen LogP) is 3.16. The number of nitro benzene ring substituents is 1. The van der Waals surface area contributed by atoms with Gasteiger partial charge in [0.25, 0.3) is 5.69 Å². The number of hydrogen-bond donors (Lipinski definition) is 0. The van der Waals surface area contributed by atoms with E-state index in [0.717, 1.165) is 12.3 Å². The molecule has 156 valence electrons. The molecule has 2 aromatic carbocycles. The lowest BCUT2D eigenvalue weighted by Gasteiger charge is -2.39. The summed E-state index contributed by atoms with van der Waals surface area (Å²) < 4.78 is 51.1. The first-order valence-electron chi connectivity index (χ1n) is 9.00. The van der Waals surface area contributed by atoms with Crippen LogP contribution in [0.3, 0.4) is 0 Å².